The van der Waals surface area contributed by atoms with Crippen LogP contribution >= 0.6 is 15.2 Å². The highest BCUT2D eigenvalue weighted by Crippen LogP contribution is 2.70. The molecule has 0 saturated heterocycles. The monoisotopic (exact) mass is 283 g/mol. The van der Waals surface area contributed by atoms with Gasteiger partial charge in [0, 0.05) is 11.8 Å². The molecule has 11 heteroatoms. The van der Waals surface area contributed by atoms with Crippen LogP contribution < -0.4 is 5.73 Å². The van der Waals surface area contributed by atoms with Crippen LogP contribution in [0.1, 0.15) is 16.8 Å². The van der Waals surface area contributed by atoms with Crippen LogP contribution in [-0.4, -0.2) is 29.5 Å². The molecule has 6 N–H and O–H groups in total. The van der Waals surface area contributed by atoms with Crippen molar-refractivity contribution >= 4 is 21.0 Å². The molecular formula is C6H11N3O6P2. The van der Waals surface area contributed by atoms with Gasteiger partial charge in [-0.1, -0.05) is 0 Å². The highest BCUT2D eigenvalue weighted by Gasteiger charge is 2.46. The summed E-state index contributed by atoms with van der Waals surface area (Å²) in [6.45, 7) is 1.48. The van der Waals surface area contributed by atoms with Crippen molar-refractivity contribution < 1.29 is 28.7 Å². The van der Waals surface area contributed by atoms with Gasteiger partial charge in [0.1, 0.15) is 11.6 Å². The quantitative estimate of drug-likeness (QED) is 0.468. The van der Waals surface area contributed by atoms with Crippen LogP contribution in [-0.2, 0) is 9.13 Å². The lowest BCUT2D eigenvalue weighted by atomic mass is 10.3. The first-order chi connectivity index (χ1) is 7.53. The molecule has 17 heavy (non-hydrogen) atoms. The van der Waals surface area contributed by atoms with E-state index >= 15 is 0 Å². The zero-order valence-corrected chi connectivity index (χ0v) is 10.4. The van der Waals surface area contributed by atoms with Crippen LogP contribution in [0.3, 0.4) is 0 Å². The highest BCUT2D eigenvalue weighted by atomic mass is 31.2. The topological polar surface area (TPSA) is 167 Å². The first kappa shape index (κ1) is 14.2. The van der Waals surface area contributed by atoms with E-state index in [1.54, 1.807) is 0 Å². The minimum absolute atomic E-state index is 0.224. The Bertz CT molecular complexity index is 500. The fourth-order valence-electron chi connectivity index (χ4n) is 1.25. The Hall–Kier alpha value is -0.820. The van der Waals surface area contributed by atoms with Crippen LogP contribution in [0.15, 0.2) is 6.20 Å². The maximum atomic E-state index is 11.1. The average Bonchev–Trinajstić information content (AvgIpc) is 2.04. The predicted octanol–water partition coefficient (Wildman–Crippen LogP) is -0.279. The van der Waals surface area contributed by atoms with Gasteiger partial charge < -0.3 is 25.3 Å². The zero-order chi connectivity index (χ0) is 13.4. The molecule has 0 aliphatic rings. The van der Waals surface area contributed by atoms with E-state index in [1.165, 1.54) is 6.92 Å². The molecule has 0 fully saturated rings. The molecule has 0 aromatic carbocycles. The molecule has 0 atom stereocenters. The maximum Gasteiger partial charge on any atom is 0.345 e. The summed E-state index contributed by atoms with van der Waals surface area (Å²) in [6, 6.07) is 0. The molecule has 1 heterocycles. The Morgan fingerprint density at radius 3 is 2.06 bits per heavy atom. The van der Waals surface area contributed by atoms with Crippen LogP contribution in [0.2, 0.25) is 0 Å². The Morgan fingerprint density at radius 2 is 1.71 bits per heavy atom. The highest BCUT2D eigenvalue weighted by molar-refractivity contribution is 7.70. The fraction of sp³-hybridized carbons (Fsp3) is 0.333. The molecule has 0 spiro atoms. The lowest BCUT2D eigenvalue weighted by Crippen LogP contribution is -2.08. The Labute approximate surface area is 96.0 Å². The molecule has 0 unspecified atom stereocenters. The number of hydrogen-bond donors (Lipinski definition) is 5. The van der Waals surface area contributed by atoms with Crippen molar-refractivity contribution in [1.82, 2.24) is 9.97 Å². The zero-order valence-electron chi connectivity index (χ0n) is 8.63. The second kappa shape index (κ2) is 4.45. The summed E-state index contributed by atoms with van der Waals surface area (Å²) in [5.41, 5.74) is 4.92. The summed E-state index contributed by atoms with van der Waals surface area (Å²) in [7, 11) is -10.2. The third-order valence-electron chi connectivity index (χ3n) is 1.88. The number of nitrogens with two attached hydrogens (primary N) is 1. The van der Waals surface area contributed by atoms with Crippen molar-refractivity contribution in [2.75, 3.05) is 5.73 Å². The predicted molar refractivity (Wildman–Crippen MR) is 58.0 cm³/mol. The van der Waals surface area contributed by atoms with Gasteiger partial charge in [-0.2, -0.15) is 0 Å². The van der Waals surface area contributed by atoms with Crippen LogP contribution in [0.25, 0.3) is 0 Å². The van der Waals surface area contributed by atoms with E-state index in [2.05, 4.69) is 9.97 Å². The van der Waals surface area contributed by atoms with Gasteiger partial charge in [-0.25, -0.2) is 9.97 Å². The van der Waals surface area contributed by atoms with E-state index in [9.17, 15) is 9.13 Å². The molecule has 0 saturated carbocycles. The van der Waals surface area contributed by atoms with E-state index in [4.69, 9.17) is 25.3 Å². The molecule has 0 radical (unpaired) electrons. The molecule has 9 nitrogen and oxygen atoms in total. The van der Waals surface area contributed by atoms with Crippen LogP contribution in [0.4, 0.5) is 5.82 Å². The molecule has 96 valence electrons. The maximum absolute atomic E-state index is 11.1. The number of hydrogen-bond acceptors (Lipinski definition) is 5. The summed E-state index contributed by atoms with van der Waals surface area (Å²) in [5.74, 6) is -0.143. The van der Waals surface area contributed by atoms with Gasteiger partial charge in [0.15, 0.2) is 5.40 Å². The first-order valence-corrected chi connectivity index (χ1v) is 7.59. The smallest absolute Gasteiger partial charge is 0.345 e. The SMILES string of the molecule is Cc1ncc(C(P(=O)(O)O)P(=O)(O)O)c(N)n1. The van der Waals surface area contributed by atoms with E-state index in [1.807, 2.05) is 0 Å². The number of aryl methyl sites for hydroxylation is 1. The van der Waals surface area contributed by atoms with Crippen molar-refractivity contribution in [3.05, 3.63) is 17.6 Å². The van der Waals surface area contributed by atoms with E-state index in [0.29, 0.717) is 0 Å². The third kappa shape index (κ3) is 3.32. The minimum atomic E-state index is -5.08. The molecular weight excluding hydrogens is 272 g/mol. The van der Waals surface area contributed by atoms with Crippen LogP contribution in [0, 0.1) is 6.92 Å². The van der Waals surface area contributed by atoms with E-state index < -0.39 is 26.2 Å². The normalized spacial score (nSPS) is 13.1. The standard InChI is InChI=1S/C6H11N3O6P2/c1-3-8-2-4(5(7)9-3)6(16(10,11)12)17(13,14)15/h2,6H,1H3,(H2,7,8,9)(H2,10,11,12)(H2,13,14,15). The fourth-order valence-corrected chi connectivity index (χ4v) is 3.94. The summed E-state index contributed by atoms with van der Waals surface area (Å²) in [6.07, 6.45) is 0.903. The van der Waals surface area contributed by atoms with Gasteiger partial charge in [0.25, 0.3) is 0 Å². The molecule has 0 amide bonds. The number of nitrogen functional groups attached to an aromatic ring is 1. The first-order valence-electron chi connectivity index (χ1n) is 4.23. The van der Waals surface area contributed by atoms with Gasteiger partial charge >= 0.3 is 15.2 Å². The summed E-state index contributed by atoms with van der Waals surface area (Å²) < 4.78 is 22.2. The molecule has 1 rings (SSSR count). The van der Waals surface area contributed by atoms with Crippen molar-refractivity contribution in [3.8, 4) is 0 Å². The van der Waals surface area contributed by atoms with E-state index in [-0.39, 0.29) is 11.6 Å². The molecule has 0 aliphatic carbocycles. The van der Waals surface area contributed by atoms with Crippen molar-refractivity contribution in [3.63, 3.8) is 0 Å². The van der Waals surface area contributed by atoms with Gasteiger partial charge in [-0.3, -0.25) is 9.13 Å². The van der Waals surface area contributed by atoms with Crippen molar-refractivity contribution in [1.29, 1.82) is 0 Å². The summed E-state index contributed by atoms with van der Waals surface area (Å²) in [4.78, 5) is 43.1. The molecule has 1 aromatic heterocycles. The summed E-state index contributed by atoms with van der Waals surface area (Å²) in [5, 5.41) is -2.34. The number of rotatable bonds is 3. The van der Waals surface area contributed by atoms with Gasteiger partial charge in [-0.15, -0.1) is 0 Å². The lowest BCUT2D eigenvalue weighted by molar-refractivity contribution is 0.340. The largest absolute Gasteiger partial charge is 0.383 e. The summed E-state index contributed by atoms with van der Waals surface area (Å²) >= 11 is 0. The van der Waals surface area contributed by atoms with Gasteiger partial charge in [-0.05, 0) is 6.92 Å². The van der Waals surface area contributed by atoms with Crippen LogP contribution in [0.5, 0.6) is 0 Å². The lowest BCUT2D eigenvalue weighted by Gasteiger charge is -2.20. The Balaban J connectivity index is 3.44. The second-order valence-corrected chi connectivity index (χ2v) is 7.11. The third-order valence-corrected chi connectivity index (χ3v) is 5.52. The number of nitrogens with zero attached hydrogens (tertiary/aromatic N) is 2. The van der Waals surface area contributed by atoms with Crippen molar-refractivity contribution in [2.24, 2.45) is 0 Å². The second-order valence-electron chi connectivity index (χ2n) is 3.31. The van der Waals surface area contributed by atoms with Gasteiger partial charge in [0.05, 0.1) is 0 Å². The van der Waals surface area contributed by atoms with E-state index in [0.717, 1.165) is 6.20 Å². The molecule has 0 aliphatic heterocycles. The van der Waals surface area contributed by atoms with Gasteiger partial charge in [0.2, 0.25) is 0 Å². The minimum Gasteiger partial charge on any atom is -0.383 e. The number of aromatic nitrogens is 2. The number of anilines is 1. The molecule has 0 bridgehead atoms. The Morgan fingerprint density at radius 1 is 1.24 bits per heavy atom. The molecule has 1 aromatic rings. The van der Waals surface area contributed by atoms with Crippen molar-refractivity contribution in [2.45, 2.75) is 12.3 Å². The average molecular weight is 283 g/mol. The Kier molecular flexibility index (Phi) is 3.73.